The molecule has 1 aromatic carbocycles. The van der Waals surface area contributed by atoms with Crippen molar-refractivity contribution in [1.82, 2.24) is 4.90 Å². The Morgan fingerprint density at radius 3 is 2.26 bits per heavy atom. The fourth-order valence-corrected chi connectivity index (χ4v) is 6.27. The predicted octanol–water partition coefficient (Wildman–Crippen LogP) is -1.63. The van der Waals surface area contributed by atoms with Crippen molar-refractivity contribution in [3.05, 3.63) is 22.8 Å². The zero-order valence-electron chi connectivity index (χ0n) is 21.1. The van der Waals surface area contributed by atoms with E-state index >= 15 is 0 Å². The van der Waals surface area contributed by atoms with Crippen molar-refractivity contribution in [3.8, 4) is 17.6 Å². The molecule has 0 bridgehead atoms. The standard InChI is InChI=1S/C26H27N3O9/c1-28(2)14-9-10(5-6-15(30)31)20(32)17-12(14)7-11-8-13-19(29(3)4)22(34)18(25(27)37)24(36)26(13,38)23(35)16(11)21(17)33/h9,11,13,16,18-19,32,38H,7-8H2,1-4H3,(H2,27,37)(H,30,31)/t11-,13-,16?,18?,19+,26-/m0/s1. The molecule has 2 fully saturated rings. The smallest absolute Gasteiger partial charge is 0.382 e. The largest absolute Gasteiger partial charge is 0.506 e. The Bertz CT molecular complexity index is 1390. The Morgan fingerprint density at radius 2 is 1.74 bits per heavy atom. The van der Waals surface area contributed by atoms with Gasteiger partial charge in [0.1, 0.15) is 5.75 Å². The number of fused-ring (bicyclic) bond motifs is 3. The number of likely N-dealkylation sites (N-methyl/N-ethyl adjacent to an activating group) is 1. The van der Waals surface area contributed by atoms with Gasteiger partial charge in [-0.25, -0.2) is 4.79 Å². The molecule has 38 heavy (non-hydrogen) atoms. The Hall–Kier alpha value is -4.08. The summed E-state index contributed by atoms with van der Waals surface area (Å²) >= 11 is 0. The molecular formula is C26H27N3O9. The highest BCUT2D eigenvalue weighted by molar-refractivity contribution is 6.32. The van der Waals surface area contributed by atoms with Crippen molar-refractivity contribution >= 4 is 40.7 Å². The van der Waals surface area contributed by atoms with Gasteiger partial charge in [-0.1, -0.05) is 5.92 Å². The van der Waals surface area contributed by atoms with Gasteiger partial charge < -0.3 is 26.0 Å². The molecule has 12 nitrogen and oxygen atoms in total. The van der Waals surface area contributed by atoms with Gasteiger partial charge in [0.25, 0.3) is 0 Å². The minimum Gasteiger partial charge on any atom is -0.506 e. The lowest BCUT2D eigenvalue weighted by molar-refractivity contribution is -0.181. The average Bonchev–Trinajstić information content (AvgIpc) is 2.80. The number of nitrogens with two attached hydrogens (primary N) is 1. The molecule has 0 aliphatic heterocycles. The lowest BCUT2D eigenvalue weighted by atomic mass is 9.52. The number of nitrogens with zero attached hydrogens (tertiary/aromatic N) is 2. The first kappa shape index (κ1) is 27.0. The van der Waals surface area contributed by atoms with Gasteiger partial charge in [0.05, 0.1) is 23.1 Å². The van der Waals surface area contributed by atoms with Crippen LogP contribution in [0.25, 0.3) is 0 Å². The van der Waals surface area contributed by atoms with Crippen molar-refractivity contribution in [2.45, 2.75) is 24.5 Å². The first-order valence-electron chi connectivity index (χ1n) is 11.8. The molecule has 200 valence electrons. The Morgan fingerprint density at radius 1 is 1.11 bits per heavy atom. The third-order valence-electron chi connectivity index (χ3n) is 7.82. The molecule has 3 aliphatic rings. The Balaban J connectivity index is 1.92. The van der Waals surface area contributed by atoms with Crippen LogP contribution in [0.1, 0.15) is 27.9 Å². The van der Waals surface area contributed by atoms with E-state index in [1.165, 1.54) is 25.1 Å². The third-order valence-corrected chi connectivity index (χ3v) is 7.82. The number of carboxylic acid groups (broad SMARTS) is 1. The minimum absolute atomic E-state index is 0.0713. The maximum Gasteiger partial charge on any atom is 0.382 e. The van der Waals surface area contributed by atoms with Gasteiger partial charge in [-0.15, -0.1) is 0 Å². The molecule has 0 heterocycles. The summed E-state index contributed by atoms with van der Waals surface area (Å²) in [4.78, 5) is 80.2. The Kier molecular flexibility index (Phi) is 6.41. The quantitative estimate of drug-likeness (QED) is 0.261. The van der Waals surface area contributed by atoms with E-state index in [0.29, 0.717) is 11.3 Å². The second kappa shape index (κ2) is 9.04. The number of primary amides is 1. The van der Waals surface area contributed by atoms with Crippen molar-refractivity contribution < 1.29 is 44.1 Å². The van der Waals surface area contributed by atoms with E-state index < -0.39 is 76.1 Å². The number of Topliss-reactive ketones (excluding diaryl/α,β-unsaturated/α-hetero) is 4. The zero-order chi connectivity index (χ0) is 28.4. The van der Waals surface area contributed by atoms with Crippen LogP contribution in [-0.4, -0.2) is 95.1 Å². The first-order valence-corrected chi connectivity index (χ1v) is 11.8. The summed E-state index contributed by atoms with van der Waals surface area (Å²) in [6.07, 6.45) is 0.0116. The number of phenols is 1. The summed E-state index contributed by atoms with van der Waals surface area (Å²) in [5, 5.41) is 31.5. The first-order chi connectivity index (χ1) is 17.6. The van der Waals surface area contributed by atoms with Crippen LogP contribution in [0.15, 0.2) is 6.07 Å². The number of aromatic hydroxyl groups is 1. The monoisotopic (exact) mass is 525 g/mol. The van der Waals surface area contributed by atoms with Crippen LogP contribution in [0.2, 0.25) is 0 Å². The van der Waals surface area contributed by atoms with E-state index in [-0.39, 0.29) is 24.0 Å². The van der Waals surface area contributed by atoms with Gasteiger partial charge in [-0.05, 0) is 44.5 Å². The maximum absolute atomic E-state index is 13.8. The fourth-order valence-electron chi connectivity index (χ4n) is 6.27. The molecule has 3 aliphatic carbocycles. The number of carboxylic acids is 1. The van der Waals surface area contributed by atoms with Crippen LogP contribution in [0.3, 0.4) is 0 Å². The number of aliphatic hydroxyl groups is 1. The maximum atomic E-state index is 13.8. The normalized spacial score (nSPS) is 30.1. The fraction of sp³-hybridized carbons (Fsp3) is 0.462. The van der Waals surface area contributed by atoms with Crippen LogP contribution in [-0.2, 0) is 30.4 Å². The van der Waals surface area contributed by atoms with Crippen molar-refractivity contribution in [2.24, 2.45) is 29.4 Å². The summed E-state index contributed by atoms with van der Waals surface area (Å²) in [7, 11) is 6.37. The molecule has 0 saturated heterocycles. The minimum atomic E-state index is -2.82. The third kappa shape index (κ3) is 3.69. The molecular weight excluding hydrogens is 498 g/mol. The van der Waals surface area contributed by atoms with E-state index in [1.54, 1.807) is 19.0 Å². The van der Waals surface area contributed by atoms with Crippen molar-refractivity contribution in [3.63, 3.8) is 0 Å². The average molecular weight is 526 g/mol. The van der Waals surface area contributed by atoms with Crippen LogP contribution in [0.4, 0.5) is 5.69 Å². The van der Waals surface area contributed by atoms with Crippen LogP contribution in [0, 0.1) is 35.5 Å². The zero-order valence-corrected chi connectivity index (χ0v) is 21.1. The van der Waals surface area contributed by atoms with Crippen LogP contribution < -0.4 is 10.6 Å². The number of carbonyl (C=O) groups is 6. The molecule has 1 amide bonds. The van der Waals surface area contributed by atoms with Gasteiger partial charge >= 0.3 is 5.97 Å². The number of hydrogen-bond donors (Lipinski definition) is 4. The predicted molar refractivity (Wildman–Crippen MR) is 130 cm³/mol. The number of ketones is 4. The van der Waals surface area contributed by atoms with Crippen molar-refractivity contribution in [1.29, 1.82) is 0 Å². The summed E-state index contributed by atoms with van der Waals surface area (Å²) < 4.78 is 0. The molecule has 2 saturated carbocycles. The van der Waals surface area contributed by atoms with Gasteiger partial charge in [0.2, 0.25) is 5.91 Å². The highest BCUT2D eigenvalue weighted by Crippen LogP contribution is 2.52. The Labute approximate surface area is 217 Å². The highest BCUT2D eigenvalue weighted by atomic mass is 16.4. The summed E-state index contributed by atoms with van der Waals surface area (Å²) in [5.41, 5.74) is 2.94. The lowest BCUT2D eigenvalue weighted by Gasteiger charge is -2.52. The molecule has 2 unspecified atom stereocenters. The molecule has 1 aromatic rings. The number of amides is 1. The van der Waals surface area contributed by atoms with Gasteiger partial charge in [0, 0.05) is 31.6 Å². The topological polar surface area (TPSA) is 196 Å². The van der Waals surface area contributed by atoms with Crippen LogP contribution >= 0.6 is 0 Å². The second-order valence-electron chi connectivity index (χ2n) is 10.4. The lowest BCUT2D eigenvalue weighted by Crippen LogP contribution is -2.74. The number of hydrogen-bond acceptors (Lipinski definition) is 10. The van der Waals surface area contributed by atoms with Crippen LogP contribution in [0.5, 0.6) is 5.75 Å². The number of benzene rings is 1. The molecule has 0 aromatic heterocycles. The highest BCUT2D eigenvalue weighted by Gasteiger charge is 2.69. The van der Waals surface area contributed by atoms with E-state index in [1.807, 2.05) is 5.92 Å². The van der Waals surface area contributed by atoms with Gasteiger partial charge in [0.15, 0.2) is 34.7 Å². The van der Waals surface area contributed by atoms with Crippen molar-refractivity contribution in [2.75, 3.05) is 33.1 Å². The molecule has 0 radical (unpaired) electrons. The molecule has 0 spiro atoms. The van der Waals surface area contributed by atoms with E-state index in [0.717, 1.165) is 0 Å². The summed E-state index contributed by atoms with van der Waals surface area (Å²) in [6.45, 7) is 0. The summed E-state index contributed by atoms with van der Waals surface area (Å²) in [6, 6.07) is 0.249. The number of anilines is 1. The molecule has 12 heteroatoms. The van der Waals surface area contributed by atoms with Gasteiger partial charge in [-0.2, -0.15) is 0 Å². The van der Waals surface area contributed by atoms with E-state index in [4.69, 9.17) is 10.8 Å². The molecule has 5 N–H and O–H groups in total. The SMILES string of the molecule is CN(C)c1cc(C#CC(=O)O)c(O)c2c1C[C@H]1C[C@H]3[C@@H](N(C)C)C(=O)C(C(N)=O)C(=O)[C@@]3(O)C(=O)C1C2=O. The van der Waals surface area contributed by atoms with Gasteiger partial charge in [-0.3, -0.25) is 28.9 Å². The second-order valence-corrected chi connectivity index (χ2v) is 10.4. The molecule has 6 atom stereocenters. The summed E-state index contributed by atoms with van der Waals surface area (Å²) in [5.74, 6) is -8.94. The number of phenolic OH excluding ortho intramolecular Hbond substituents is 1. The number of rotatable bonds is 3. The number of carbonyl (C=O) groups excluding carboxylic acids is 5. The molecule has 4 rings (SSSR count). The number of aliphatic carboxylic acids is 1. The van der Waals surface area contributed by atoms with E-state index in [9.17, 15) is 39.0 Å². The van der Waals surface area contributed by atoms with E-state index in [2.05, 4.69) is 5.92 Å².